The average molecular weight is 430 g/mol. The number of nitro benzene ring substituents is 1. The van der Waals surface area contributed by atoms with E-state index in [4.69, 9.17) is 0 Å². The number of carbonyl (C=O) groups excluding carboxylic acids is 1. The summed E-state index contributed by atoms with van der Waals surface area (Å²) in [6.45, 7) is 0. The van der Waals surface area contributed by atoms with Crippen LogP contribution in [0.2, 0.25) is 0 Å². The highest BCUT2D eigenvalue weighted by molar-refractivity contribution is 7.99. The van der Waals surface area contributed by atoms with E-state index in [9.17, 15) is 14.9 Å². The average Bonchev–Trinajstić information content (AvgIpc) is 3.30. The summed E-state index contributed by atoms with van der Waals surface area (Å²) < 4.78 is 1.90. The van der Waals surface area contributed by atoms with Crippen molar-refractivity contribution < 1.29 is 9.72 Å². The zero-order chi connectivity index (χ0) is 20.4. The smallest absolute Gasteiger partial charge is 0.292 e. The lowest BCUT2D eigenvalue weighted by atomic mass is 9.96. The normalized spacial score (nSPS) is 13.1. The first kappa shape index (κ1) is 19.6. The fraction of sp³-hybridized carbons (Fsp3) is 0.316. The van der Waals surface area contributed by atoms with Gasteiger partial charge in [0.25, 0.3) is 5.69 Å². The summed E-state index contributed by atoms with van der Waals surface area (Å²) in [5.74, 6) is 0.563. The monoisotopic (exact) mass is 429 g/mol. The van der Waals surface area contributed by atoms with Crippen molar-refractivity contribution >= 4 is 40.4 Å². The van der Waals surface area contributed by atoms with Crippen LogP contribution in [0.4, 0.5) is 11.4 Å². The molecule has 0 radical (unpaired) electrons. The van der Waals surface area contributed by atoms with Gasteiger partial charge in [-0.3, -0.25) is 14.9 Å². The molecule has 2 heterocycles. The van der Waals surface area contributed by atoms with Gasteiger partial charge in [-0.2, -0.15) is 0 Å². The van der Waals surface area contributed by atoms with Crippen LogP contribution in [0, 0.1) is 10.1 Å². The Morgan fingerprint density at radius 1 is 1.31 bits per heavy atom. The largest absolute Gasteiger partial charge is 0.320 e. The standard InChI is InChI=1S/C19H19N5O3S2/c1-23-18(13-10-28-16-9-5-2-6-12(13)16)21-22-19(23)29-11-17(25)20-14-7-3-4-8-15(14)24(26)27/h3-4,7-8,10H,2,5-6,9,11H2,1H3,(H,20,25). The van der Waals surface area contributed by atoms with Gasteiger partial charge in [-0.05, 0) is 37.3 Å². The Kier molecular flexibility index (Phi) is 5.63. The van der Waals surface area contributed by atoms with E-state index < -0.39 is 4.92 Å². The number of hydrogen-bond donors (Lipinski definition) is 1. The first-order valence-electron chi connectivity index (χ1n) is 9.19. The van der Waals surface area contributed by atoms with Gasteiger partial charge >= 0.3 is 0 Å². The highest BCUT2D eigenvalue weighted by atomic mass is 32.2. The number of nitrogens with zero attached hydrogens (tertiary/aromatic N) is 4. The van der Waals surface area contributed by atoms with Gasteiger partial charge in [-0.15, -0.1) is 21.5 Å². The van der Waals surface area contributed by atoms with Crippen LogP contribution in [0.3, 0.4) is 0 Å². The lowest BCUT2D eigenvalue weighted by Gasteiger charge is -2.12. The molecule has 10 heteroatoms. The lowest BCUT2D eigenvalue weighted by molar-refractivity contribution is -0.383. The molecule has 4 rings (SSSR count). The Morgan fingerprint density at radius 3 is 2.93 bits per heavy atom. The maximum absolute atomic E-state index is 12.3. The second-order valence-electron chi connectivity index (χ2n) is 6.73. The number of anilines is 1. The zero-order valence-corrected chi connectivity index (χ0v) is 17.4. The minimum atomic E-state index is -0.515. The maximum Gasteiger partial charge on any atom is 0.292 e. The Labute approximate surface area is 175 Å². The van der Waals surface area contributed by atoms with Crippen molar-refractivity contribution in [2.24, 2.45) is 7.05 Å². The number of aromatic nitrogens is 3. The Morgan fingerprint density at radius 2 is 2.10 bits per heavy atom. The predicted octanol–water partition coefficient (Wildman–Crippen LogP) is 4.06. The number of thiophene rings is 1. The van der Waals surface area contributed by atoms with Crippen molar-refractivity contribution in [3.05, 3.63) is 50.2 Å². The molecule has 0 atom stereocenters. The van der Waals surface area contributed by atoms with Crippen molar-refractivity contribution in [1.29, 1.82) is 0 Å². The number of benzene rings is 1. The molecule has 1 amide bonds. The van der Waals surface area contributed by atoms with Crippen LogP contribution in [0.1, 0.15) is 23.3 Å². The first-order valence-corrected chi connectivity index (χ1v) is 11.1. The van der Waals surface area contributed by atoms with E-state index >= 15 is 0 Å². The third kappa shape index (κ3) is 4.03. The molecule has 0 aliphatic heterocycles. The van der Waals surface area contributed by atoms with Gasteiger partial charge in [0, 0.05) is 28.9 Å². The number of hydrogen-bond acceptors (Lipinski definition) is 7. The maximum atomic E-state index is 12.3. The van der Waals surface area contributed by atoms with Crippen molar-refractivity contribution in [2.75, 3.05) is 11.1 Å². The van der Waals surface area contributed by atoms with E-state index in [1.54, 1.807) is 23.5 Å². The summed E-state index contributed by atoms with van der Waals surface area (Å²) in [6, 6.07) is 6.08. The Balaban J connectivity index is 1.44. The first-order chi connectivity index (χ1) is 14.0. The number of aryl methyl sites for hydroxylation is 1. The zero-order valence-electron chi connectivity index (χ0n) is 15.8. The third-order valence-electron chi connectivity index (χ3n) is 4.84. The van der Waals surface area contributed by atoms with Crippen LogP contribution < -0.4 is 5.32 Å². The van der Waals surface area contributed by atoms with E-state index in [2.05, 4.69) is 20.9 Å². The number of rotatable bonds is 6. The molecule has 0 spiro atoms. The topological polar surface area (TPSA) is 103 Å². The van der Waals surface area contributed by atoms with E-state index in [-0.39, 0.29) is 23.0 Å². The molecule has 1 N–H and O–H groups in total. The highest BCUT2D eigenvalue weighted by Crippen LogP contribution is 2.36. The molecule has 1 aliphatic carbocycles. The minimum Gasteiger partial charge on any atom is -0.320 e. The number of amides is 1. The van der Waals surface area contributed by atoms with Gasteiger partial charge < -0.3 is 9.88 Å². The van der Waals surface area contributed by atoms with Crippen LogP contribution in [-0.4, -0.2) is 31.3 Å². The van der Waals surface area contributed by atoms with Crippen LogP contribution >= 0.6 is 23.1 Å². The number of nitro groups is 1. The van der Waals surface area contributed by atoms with Gasteiger partial charge in [-0.1, -0.05) is 23.9 Å². The minimum absolute atomic E-state index is 0.0831. The SMILES string of the molecule is Cn1c(SCC(=O)Nc2ccccc2[N+](=O)[O-])nnc1-c1csc2c1CCCC2. The van der Waals surface area contributed by atoms with E-state index in [1.807, 2.05) is 11.6 Å². The van der Waals surface area contributed by atoms with Gasteiger partial charge in [0.2, 0.25) is 5.91 Å². The van der Waals surface area contributed by atoms with Crippen molar-refractivity contribution in [3.63, 3.8) is 0 Å². The molecule has 0 saturated carbocycles. The fourth-order valence-corrected chi connectivity index (χ4v) is 5.25. The summed E-state index contributed by atoms with van der Waals surface area (Å²) >= 11 is 3.04. The van der Waals surface area contributed by atoms with Crippen LogP contribution in [0.5, 0.6) is 0 Å². The molecule has 8 nitrogen and oxygen atoms in total. The quantitative estimate of drug-likeness (QED) is 0.360. The number of thioether (sulfide) groups is 1. The number of fused-ring (bicyclic) bond motifs is 1. The molecule has 0 fully saturated rings. The number of nitrogens with one attached hydrogen (secondary N) is 1. The molecule has 0 unspecified atom stereocenters. The third-order valence-corrected chi connectivity index (χ3v) is 6.95. The van der Waals surface area contributed by atoms with Crippen molar-refractivity contribution in [3.8, 4) is 11.4 Å². The van der Waals surface area contributed by atoms with Crippen LogP contribution in [-0.2, 0) is 24.7 Å². The fourth-order valence-electron chi connectivity index (χ4n) is 3.41. The van der Waals surface area contributed by atoms with Crippen LogP contribution in [0.15, 0.2) is 34.8 Å². The molecule has 3 aromatic rings. The van der Waals surface area contributed by atoms with Crippen LogP contribution in [0.25, 0.3) is 11.4 Å². The molecule has 0 saturated heterocycles. The Hall–Kier alpha value is -2.72. The molecule has 1 aliphatic rings. The second kappa shape index (κ2) is 8.34. The molecular weight excluding hydrogens is 410 g/mol. The summed E-state index contributed by atoms with van der Waals surface area (Å²) in [5, 5.41) is 25.0. The van der Waals surface area contributed by atoms with Crippen molar-refractivity contribution in [1.82, 2.24) is 14.8 Å². The second-order valence-corrected chi connectivity index (χ2v) is 8.64. The van der Waals surface area contributed by atoms with Gasteiger partial charge in [0.05, 0.1) is 10.7 Å². The Bertz CT molecular complexity index is 1080. The highest BCUT2D eigenvalue weighted by Gasteiger charge is 2.21. The van der Waals surface area contributed by atoms with E-state index in [1.165, 1.54) is 47.2 Å². The molecular formula is C19H19N5O3S2. The number of para-hydroxylation sites is 2. The predicted molar refractivity (Wildman–Crippen MR) is 113 cm³/mol. The summed E-state index contributed by atoms with van der Waals surface area (Å²) in [4.78, 5) is 24.3. The lowest BCUT2D eigenvalue weighted by Crippen LogP contribution is -2.15. The molecule has 2 aromatic heterocycles. The van der Waals surface area contributed by atoms with E-state index in [0.29, 0.717) is 5.16 Å². The molecule has 1 aromatic carbocycles. The van der Waals surface area contributed by atoms with Gasteiger partial charge in [0.1, 0.15) is 5.69 Å². The molecule has 29 heavy (non-hydrogen) atoms. The van der Waals surface area contributed by atoms with E-state index in [0.717, 1.165) is 24.2 Å². The molecule has 150 valence electrons. The molecule has 0 bridgehead atoms. The summed E-state index contributed by atoms with van der Waals surface area (Å²) in [7, 11) is 1.89. The van der Waals surface area contributed by atoms with Gasteiger partial charge in [-0.25, -0.2) is 0 Å². The van der Waals surface area contributed by atoms with Gasteiger partial charge in [0.15, 0.2) is 11.0 Å². The summed E-state index contributed by atoms with van der Waals surface area (Å²) in [6.07, 6.45) is 4.64. The summed E-state index contributed by atoms with van der Waals surface area (Å²) in [5.41, 5.74) is 2.57. The number of carbonyl (C=O) groups is 1. The van der Waals surface area contributed by atoms with Crippen molar-refractivity contribution in [2.45, 2.75) is 30.8 Å².